The van der Waals surface area contributed by atoms with E-state index in [4.69, 9.17) is 0 Å². The van der Waals surface area contributed by atoms with Crippen molar-refractivity contribution in [3.8, 4) is 0 Å². The minimum absolute atomic E-state index is 0.804. The molecule has 0 unspecified atom stereocenters. The molecule has 1 aliphatic rings. The van der Waals surface area contributed by atoms with E-state index >= 15 is 0 Å². The molecule has 0 aromatic heterocycles. The third-order valence-electron chi connectivity index (χ3n) is 3.53. The van der Waals surface area contributed by atoms with Crippen LogP contribution in [0.4, 0.5) is 5.69 Å². The first-order chi connectivity index (χ1) is 9.24. The Bertz CT molecular complexity index is 668. The second kappa shape index (κ2) is 4.90. The normalized spacial score (nSPS) is 14.5. The number of hydrogen-bond acceptors (Lipinski definition) is 2. The second-order valence-corrected chi connectivity index (χ2v) is 4.91. The van der Waals surface area contributed by atoms with Gasteiger partial charge in [-0.2, -0.15) is 0 Å². The number of fused-ring (bicyclic) bond motifs is 1. The van der Waals surface area contributed by atoms with Crippen LogP contribution in [0.3, 0.4) is 0 Å². The molecule has 0 fully saturated rings. The monoisotopic (exact) mass is 251 g/mol. The van der Waals surface area contributed by atoms with E-state index in [2.05, 4.69) is 36.4 Å². The predicted molar refractivity (Wildman–Crippen MR) is 80.5 cm³/mol. The fourth-order valence-corrected chi connectivity index (χ4v) is 2.44. The summed E-state index contributed by atoms with van der Waals surface area (Å²) in [5, 5.41) is 13.0. The van der Waals surface area contributed by atoms with Crippen molar-refractivity contribution < 1.29 is 5.21 Å². The topological polar surface area (TPSA) is 23.5 Å². The number of hydrogen-bond donors (Lipinski definition) is 1. The lowest BCUT2D eigenvalue weighted by molar-refractivity contribution is 0.279. The molecule has 0 heterocycles. The van der Waals surface area contributed by atoms with E-state index in [0.29, 0.717) is 0 Å². The van der Waals surface area contributed by atoms with Crippen LogP contribution in [0.15, 0.2) is 54.6 Å². The van der Waals surface area contributed by atoms with E-state index in [1.54, 1.807) is 7.05 Å². The summed E-state index contributed by atoms with van der Waals surface area (Å²) in [4.78, 5) is 0. The average molecular weight is 251 g/mol. The van der Waals surface area contributed by atoms with Gasteiger partial charge in [-0.3, -0.25) is 10.3 Å². The van der Waals surface area contributed by atoms with E-state index in [1.807, 2.05) is 18.2 Å². The molecule has 0 saturated carbocycles. The Morgan fingerprint density at radius 2 is 1.84 bits per heavy atom. The summed E-state index contributed by atoms with van der Waals surface area (Å²) >= 11 is 0. The summed E-state index contributed by atoms with van der Waals surface area (Å²) in [7, 11) is 1.64. The minimum Gasteiger partial charge on any atom is -0.289 e. The molecule has 1 aliphatic carbocycles. The third kappa shape index (κ3) is 2.40. The van der Waals surface area contributed by atoms with Crippen molar-refractivity contribution in [3.63, 3.8) is 0 Å². The second-order valence-electron chi connectivity index (χ2n) is 4.91. The standard InChI is InChI=1S/C17H17NO/c1-18(19)17-10-9-14-7-8-15(11-16(14)12-17)13-5-3-2-4-6-13/h3,5-12,19H,2,4H2,1H3. The van der Waals surface area contributed by atoms with Crippen molar-refractivity contribution in [3.05, 3.63) is 60.2 Å². The molecule has 0 amide bonds. The summed E-state index contributed by atoms with van der Waals surface area (Å²) in [5.74, 6) is 0. The quantitative estimate of drug-likeness (QED) is 0.800. The van der Waals surface area contributed by atoms with E-state index < -0.39 is 0 Å². The third-order valence-corrected chi connectivity index (χ3v) is 3.53. The van der Waals surface area contributed by atoms with Gasteiger partial charge in [0, 0.05) is 7.05 Å². The van der Waals surface area contributed by atoms with Crippen molar-refractivity contribution in [1.82, 2.24) is 0 Å². The van der Waals surface area contributed by atoms with Crippen LogP contribution in [-0.4, -0.2) is 12.3 Å². The van der Waals surface area contributed by atoms with Gasteiger partial charge in [-0.15, -0.1) is 0 Å². The molecule has 2 heteroatoms. The van der Waals surface area contributed by atoms with Gasteiger partial charge in [0.05, 0.1) is 5.69 Å². The van der Waals surface area contributed by atoms with Crippen LogP contribution in [0, 0.1) is 0 Å². The highest BCUT2D eigenvalue weighted by molar-refractivity contribution is 5.90. The van der Waals surface area contributed by atoms with Gasteiger partial charge < -0.3 is 0 Å². The number of nitrogens with zero attached hydrogens (tertiary/aromatic N) is 1. The summed E-state index contributed by atoms with van der Waals surface area (Å²) in [6.45, 7) is 0. The summed E-state index contributed by atoms with van der Waals surface area (Å²) in [6.07, 6.45) is 8.94. The molecule has 0 spiro atoms. The van der Waals surface area contributed by atoms with Gasteiger partial charge in [-0.05, 0) is 52.9 Å². The number of hydroxylamine groups is 1. The highest BCUT2D eigenvalue weighted by Gasteiger charge is 2.04. The van der Waals surface area contributed by atoms with Crippen LogP contribution in [0.1, 0.15) is 18.4 Å². The average Bonchev–Trinajstić information content (AvgIpc) is 2.47. The van der Waals surface area contributed by atoms with E-state index in [9.17, 15) is 5.21 Å². The molecule has 0 saturated heterocycles. The van der Waals surface area contributed by atoms with E-state index in [0.717, 1.165) is 29.0 Å². The highest BCUT2D eigenvalue weighted by Crippen LogP contribution is 2.27. The zero-order valence-corrected chi connectivity index (χ0v) is 11.0. The van der Waals surface area contributed by atoms with Gasteiger partial charge in [0.2, 0.25) is 0 Å². The molecule has 0 radical (unpaired) electrons. The lowest BCUT2D eigenvalue weighted by Crippen LogP contribution is -2.09. The first-order valence-electron chi connectivity index (χ1n) is 6.57. The molecular weight excluding hydrogens is 234 g/mol. The Morgan fingerprint density at radius 1 is 1.00 bits per heavy atom. The number of rotatable bonds is 2. The fraction of sp³-hybridized carbons (Fsp3) is 0.176. The van der Waals surface area contributed by atoms with Crippen molar-refractivity contribution in [1.29, 1.82) is 0 Å². The first kappa shape index (κ1) is 12.0. The van der Waals surface area contributed by atoms with Crippen molar-refractivity contribution in [2.75, 3.05) is 12.1 Å². The molecule has 0 bridgehead atoms. The molecule has 2 aromatic rings. The minimum atomic E-state index is 0.804. The molecule has 96 valence electrons. The Kier molecular flexibility index (Phi) is 3.10. The Hall–Kier alpha value is -2.06. The number of allylic oxidation sites excluding steroid dienone is 4. The molecule has 3 rings (SSSR count). The summed E-state index contributed by atoms with van der Waals surface area (Å²) in [5.41, 5.74) is 3.33. The van der Waals surface area contributed by atoms with Gasteiger partial charge in [0.25, 0.3) is 0 Å². The van der Waals surface area contributed by atoms with Crippen molar-refractivity contribution in [2.24, 2.45) is 0 Å². The van der Waals surface area contributed by atoms with Gasteiger partial charge in [-0.1, -0.05) is 36.4 Å². The van der Waals surface area contributed by atoms with Gasteiger partial charge in [-0.25, -0.2) is 0 Å². The number of anilines is 1. The number of benzene rings is 2. The van der Waals surface area contributed by atoms with E-state index in [-0.39, 0.29) is 0 Å². The molecule has 2 nitrogen and oxygen atoms in total. The van der Waals surface area contributed by atoms with Crippen LogP contribution in [0.5, 0.6) is 0 Å². The maximum Gasteiger partial charge on any atom is 0.0637 e. The zero-order chi connectivity index (χ0) is 13.2. The van der Waals surface area contributed by atoms with Crippen LogP contribution in [0.2, 0.25) is 0 Å². The lowest BCUT2D eigenvalue weighted by Gasteiger charge is -2.12. The van der Waals surface area contributed by atoms with Crippen LogP contribution < -0.4 is 5.06 Å². The van der Waals surface area contributed by atoms with Crippen molar-refractivity contribution >= 4 is 22.0 Å². The fourth-order valence-electron chi connectivity index (χ4n) is 2.44. The maximum absolute atomic E-state index is 9.51. The van der Waals surface area contributed by atoms with Crippen LogP contribution in [0.25, 0.3) is 16.3 Å². The Morgan fingerprint density at radius 3 is 2.58 bits per heavy atom. The van der Waals surface area contributed by atoms with Crippen molar-refractivity contribution in [2.45, 2.75) is 12.8 Å². The summed E-state index contributed by atoms with van der Waals surface area (Å²) in [6, 6.07) is 12.4. The molecule has 2 aromatic carbocycles. The lowest BCUT2D eigenvalue weighted by atomic mass is 9.97. The molecular formula is C17H17NO. The molecule has 1 N–H and O–H groups in total. The molecule has 0 aliphatic heterocycles. The highest BCUT2D eigenvalue weighted by atomic mass is 16.5. The molecule has 0 atom stereocenters. The van der Waals surface area contributed by atoms with Gasteiger partial charge >= 0.3 is 0 Å². The van der Waals surface area contributed by atoms with Crippen LogP contribution >= 0.6 is 0 Å². The van der Waals surface area contributed by atoms with Crippen LogP contribution in [-0.2, 0) is 0 Å². The predicted octanol–water partition coefficient (Wildman–Crippen LogP) is 4.40. The van der Waals surface area contributed by atoms with Gasteiger partial charge in [0.1, 0.15) is 0 Å². The largest absolute Gasteiger partial charge is 0.289 e. The SMILES string of the molecule is CN(O)c1ccc2ccc(C3=CCCC=C3)cc2c1. The van der Waals surface area contributed by atoms with E-state index in [1.165, 1.54) is 16.5 Å². The summed E-state index contributed by atoms with van der Waals surface area (Å²) < 4.78 is 0. The zero-order valence-electron chi connectivity index (χ0n) is 11.0. The Balaban J connectivity index is 2.08. The smallest absolute Gasteiger partial charge is 0.0637 e. The Labute approximate surface area is 113 Å². The first-order valence-corrected chi connectivity index (χ1v) is 6.57. The van der Waals surface area contributed by atoms with Gasteiger partial charge in [0.15, 0.2) is 0 Å². The maximum atomic E-state index is 9.51. The molecule has 19 heavy (non-hydrogen) atoms.